The molecule has 1 saturated heterocycles. The number of nitrogens with zero attached hydrogens (tertiary/aromatic N) is 2. The topological polar surface area (TPSA) is 96.4 Å². The van der Waals surface area contributed by atoms with Crippen LogP contribution in [0.1, 0.15) is 30.4 Å². The molecule has 7 heteroatoms. The third kappa shape index (κ3) is 2.97. The van der Waals surface area contributed by atoms with Crippen molar-refractivity contribution in [2.24, 2.45) is 5.73 Å². The first kappa shape index (κ1) is 18.1. The van der Waals surface area contributed by atoms with E-state index in [1.54, 1.807) is 6.92 Å². The van der Waals surface area contributed by atoms with Crippen LogP contribution in [0.2, 0.25) is 0 Å². The van der Waals surface area contributed by atoms with Gasteiger partial charge in [-0.1, -0.05) is 29.8 Å². The van der Waals surface area contributed by atoms with Crippen LogP contribution in [-0.4, -0.2) is 29.1 Å². The molecule has 0 spiro atoms. The fourth-order valence-corrected chi connectivity index (χ4v) is 4.26. The lowest BCUT2D eigenvalue weighted by Gasteiger charge is -2.37. The first-order valence-corrected chi connectivity index (χ1v) is 9.31. The molecule has 0 saturated carbocycles. The van der Waals surface area contributed by atoms with E-state index in [4.69, 9.17) is 10.5 Å². The summed E-state index contributed by atoms with van der Waals surface area (Å²) in [7, 11) is 0. The van der Waals surface area contributed by atoms with Crippen molar-refractivity contribution in [1.29, 1.82) is 5.26 Å². The molecule has 1 aromatic rings. The lowest BCUT2D eigenvalue weighted by atomic mass is 9.82. The van der Waals surface area contributed by atoms with Gasteiger partial charge >= 0.3 is 5.97 Å². The fourth-order valence-electron chi connectivity index (χ4n) is 3.14. The lowest BCUT2D eigenvalue weighted by Crippen LogP contribution is -2.42. The van der Waals surface area contributed by atoms with Gasteiger partial charge in [0.2, 0.25) is 5.91 Å². The maximum atomic E-state index is 12.7. The van der Waals surface area contributed by atoms with Gasteiger partial charge in [-0.3, -0.25) is 9.69 Å². The van der Waals surface area contributed by atoms with Crippen molar-refractivity contribution < 1.29 is 14.3 Å². The Bertz CT molecular complexity index is 865. The Labute approximate surface area is 156 Å². The molecule has 1 fully saturated rings. The van der Waals surface area contributed by atoms with E-state index < -0.39 is 11.9 Å². The smallest absolute Gasteiger partial charge is 0.338 e. The Morgan fingerprint density at radius 3 is 2.73 bits per heavy atom. The largest absolute Gasteiger partial charge is 0.463 e. The van der Waals surface area contributed by atoms with Gasteiger partial charge in [0.1, 0.15) is 5.82 Å². The number of carbonyl (C=O) groups excluding carboxylic acids is 2. The molecule has 1 unspecified atom stereocenters. The number of fused-ring (bicyclic) bond motifs is 1. The standard InChI is InChI=1S/C19H19N3O3S/c1-3-25-19(24)16-15(12-6-4-11(2)5-7-12)13(10-20)18-22(17(16)21)14(23)8-9-26-18/h4-7,15H,3,8-9,21H2,1-2H3. The van der Waals surface area contributed by atoms with Gasteiger partial charge in [0, 0.05) is 12.2 Å². The lowest BCUT2D eigenvalue weighted by molar-refractivity contribution is -0.139. The number of hydrogen-bond acceptors (Lipinski definition) is 6. The number of rotatable bonds is 3. The van der Waals surface area contributed by atoms with Gasteiger partial charge in [0.05, 0.1) is 34.8 Å². The van der Waals surface area contributed by atoms with E-state index in [-0.39, 0.29) is 23.9 Å². The molecule has 2 aliphatic heterocycles. The Kier molecular flexibility index (Phi) is 5.05. The summed E-state index contributed by atoms with van der Waals surface area (Å²) in [5, 5.41) is 10.4. The van der Waals surface area contributed by atoms with Gasteiger partial charge in [-0.2, -0.15) is 5.26 Å². The van der Waals surface area contributed by atoms with Gasteiger partial charge in [-0.05, 0) is 19.4 Å². The molecule has 0 aliphatic carbocycles. The van der Waals surface area contributed by atoms with E-state index in [1.165, 1.54) is 16.7 Å². The molecule has 1 aromatic carbocycles. The molecule has 2 heterocycles. The van der Waals surface area contributed by atoms with E-state index >= 15 is 0 Å². The molecule has 2 aliphatic rings. The third-order valence-electron chi connectivity index (χ3n) is 4.36. The molecule has 0 radical (unpaired) electrons. The number of carbonyl (C=O) groups is 2. The van der Waals surface area contributed by atoms with Gasteiger partial charge < -0.3 is 10.5 Å². The van der Waals surface area contributed by atoms with Crippen molar-refractivity contribution >= 4 is 23.6 Å². The number of amides is 1. The van der Waals surface area contributed by atoms with Gasteiger partial charge in [-0.15, -0.1) is 11.8 Å². The van der Waals surface area contributed by atoms with Gasteiger partial charge in [-0.25, -0.2) is 4.79 Å². The molecule has 134 valence electrons. The van der Waals surface area contributed by atoms with Crippen molar-refractivity contribution in [1.82, 2.24) is 4.90 Å². The number of ether oxygens (including phenoxy) is 1. The van der Waals surface area contributed by atoms with Crippen molar-refractivity contribution in [3.8, 4) is 6.07 Å². The molecule has 0 bridgehead atoms. The molecule has 3 rings (SSSR count). The van der Waals surface area contributed by atoms with Crippen LogP contribution in [0.25, 0.3) is 0 Å². The van der Waals surface area contributed by atoms with E-state index in [0.29, 0.717) is 22.8 Å². The van der Waals surface area contributed by atoms with Crippen molar-refractivity contribution in [3.63, 3.8) is 0 Å². The molecule has 26 heavy (non-hydrogen) atoms. The van der Waals surface area contributed by atoms with E-state index in [0.717, 1.165) is 11.1 Å². The van der Waals surface area contributed by atoms with E-state index in [2.05, 4.69) is 6.07 Å². The molecule has 1 amide bonds. The zero-order valence-corrected chi connectivity index (χ0v) is 15.4. The maximum Gasteiger partial charge on any atom is 0.338 e. The predicted molar refractivity (Wildman–Crippen MR) is 98.3 cm³/mol. The highest BCUT2D eigenvalue weighted by Gasteiger charge is 2.42. The Morgan fingerprint density at radius 2 is 2.12 bits per heavy atom. The number of nitrogens with two attached hydrogens (primary N) is 1. The fraction of sp³-hybridized carbons (Fsp3) is 0.316. The minimum Gasteiger partial charge on any atom is -0.463 e. The van der Waals surface area contributed by atoms with Crippen LogP contribution in [-0.2, 0) is 14.3 Å². The number of thioether (sulfide) groups is 1. The predicted octanol–water partition coefficient (Wildman–Crippen LogP) is 2.53. The molecular weight excluding hydrogens is 350 g/mol. The van der Waals surface area contributed by atoms with Crippen molar-refractivity contribution in [3.05, 3.63) is 57.4 Å². The van der Waals surface area contributed by atoms with Gasteiger partial charge in [0.25, 0.3) is 0 Å². The minimum atomic E-state index is -0.649. The van der Waals surface area contributed by atoms with Crippen LogP contribution in [0, 0.1) is 18.3 Å². The molecular formula is C19H19N3O3S. The normalized spacial score (nSPS) is 20.0. The van der Waals surface area contributed by atoms with Crippen LogP contribution in [0.3, 0.4) is 0 Å². The Morgan fingerprint density at radius 1 is 1.42 bits per heavy atom. The number of hydrogen-bond donors (Lipinski definition) is 1. The Balaban J connectivity index is 2.24. The summed E-state index contributed by atoms with van der Waals surface area (Å²) >= 11 is 1.41. The quantitative estimate of drug-likeness (QED) is 0.823. The average molecular weight is 369 g/mol. The summed E-state index contributed by atoms with van der Waals surface area (Å²) in [5.74, 6) is -0.832. The zero-order chi connectivity index (χ0) is 18.8. The monoisotopic (exact) mass is 369 g/mol. The summed E-state index contributed by atoms with van der Waals surface area (Å²) in [4.78, 5) is 26.4. The summed E-state index contributed by atoms with van der Waals surface area (Å²) in [5.41, 5.74) is 8.58. The average Bonchev–Trinajstić information content (AvgIpc) is 2.62. The van der Waals surface area contributed by atoms with Crippen LogP contribution < -0.4 is 5.73 Å². The van der Waals surface area contributed by atoms with Gasteiger partial charge in [0.15, 0.2) is 0 Å². The molecule has 6 nitrogen and oxygen atoms in total. The SMILES string of the molecule is CCOC(=O)C1=C(N)N2C(=O)CCSC2=C(C#N)C1c1ccc(C)cc1. The first-order valence-electron chi connectivity index (χ1n) is 8.33. The highest BCUT2D eigenvalue weighted by atomic mass is 32.2. The van der Waals surface area contributed by atoms with Crippen LogP contribution in [0.15, 0.2) is 46.3 Å². The third-order valence-corrected chi connectivity index (χ3v) is 5.44. The maximum absolute atomic E-state index is 12.7. The minimum absolute atomic E-state index is 0.0558. The summed E-state index contributed by atoms with van der Waals surface area (Å²) in [6.45, 7) is 3.84. The summed E-state index contributed by atoms with van der Waals surface area (Å²) < 4.78 is 5.18. The number of aryl methyl sites for hydroxylation is 1. The van der Waals surface area contributed by atoms with E-state index in [9.17, 15) is 14.9 Å². The number of esters is 1. The first-order chi connectivity index (χ1) is 12.5. The number of nitriles is 1. The second-order valence-electron chi connectivity index (χ2n) is 6.02. The van der Waals surface area contributed by atoms with Crippen LogP contribution in [0.5, 0.6) is 0 Å². The van der Waals surface area contributed by atoms with Crippen molar-refractivity contribution in [2.45, 2.75) is 26.2 Å². The molecule has 0 aromatic heterocycles. The number of benzene rings is 1. The molecule has 2 N–H and O–H groups in total. The zero-order valence-electron chi connectivity index (χ0n) is 14.6. The number of allylic oxidation sites excluding steroid dienone is 1. The second kappa shape index (κ2) is 7.26. The second-order valence-corrected chi connectivity index (χ2v) is 7.10. The highest BCUT2D eigenvalue weighted by molar-refractivity contribution is 8.03. The highest BCUT2D eigenvalue weighted by Crippen LogP contribution is 2.46. The summed E-state index contributed by atoms with van der Waals surface area (Å²) in [6, 6.07) is 9.77. The Hall–Kier alpha value is -2.72. The van der Waals surface area contributed by atoms with Crippen LogP contribution in [0.4, 0.5) is 0 Å². The van der Waals surface area contributed by atoms with Crippen molar-refractivity contribution in [2.75, 3.05) is 12.4 Å². The van der Waals surface area contributed by atoms with E-state index in [1.807, 2.05) is 31.2 Å². The molecule has 1 atom stereocenters. The van der Waals surface area contributed by atoms with Crippen LogP contribution >= 0.6 is 11.8 Å². The summed E-state index contributed by atoms with van der Waals surface area (Å²) in [6.07, 6.45) is 0.304.